The predicted molar refractivity (Wildman–Crippen MR) is 85.6 cm³/mol. The predicted octanol–water partition coefficient (Wildman–Crippen LogP) is 4.77. The first-order chi connectivity index (χ1) is 8.86. The van der Waals surface area contributed by atoms with Gasteiger partial charge >= 0.3 is 0 Å². The van der Waals surface area contributed by atoms with Gasteiger partial charge in [-0.1, -0.05) is 65.0 Å². The summed E-state index contributed by atoms with van der Waals surface area (Å²) in [6, 6.07) is 12.0. The van der Waals surface area contributed by atoms with Crippen LogP contribution in [0, 0.1) is 5.92 Å². The van der Waals surface area contributed by atoms with Gasteiger partial charge in [0.25, 0.3) is 0 Å². The van der Waals surface area contributed by atoms with Gasteiger partial charge in [-0.3, -0.25) is 0 Å². The fourth-order valence-corrected chi connectivity index (χ4v) is 2.98. The van der Waals surface area contributed by atoms with Gasteiger partial charge in [0.2, 0.25) is 0 Å². The van der Waals surface area contributed by atoms with Crippen molar-refractivity contribution in [1.29, 1.82) is 0 Å². The van der Waals surface area contributed by atoms with Gasteiger partial charge in [-0.2, -0.15) is 0 Å². The fourth-order valence-electron chi connectivity index (χ4n) is 2.98. The number of rotatable bonds is 7. The molecular weight excluding hydrogens is 230 g/mol. The van der Waals surface area contributed by atoms with Crippen LogP contribution in [0.4, 0.5) is 0 Å². The molecule has 0 aromatic heterocycles. The Kier molecular flexibility index (Phi) is 6.06. The third kappa shape index (κ3) is 4.99. The largest absolute Gasteiger partial charge is 0.311 e. The Morgan fingerprint density at radius 1 is 1.05 bits per heavy atom. The zero-order valence-electron chi connectivity index (χ0n) is 13.5. The quantitative estimate of drug-likeness (QED) is 0.745. The van der Waals surface area contributed by atoms with Gasteiger partial charge in [-0.15, -0.1) is 0 Å². The van der Waals surface area contributed by atoms with Crippen molar-refractivity contribution in [3.8, 4) is 0 Å². The molecule has 0 heterocycles. The van der Waals surface area contributed by atoms with Crippen LogP contribution in [0.15, 0.2) is 30.3 Å². The second-order valence-corrected chi connectivity index (χ2v) is 6.78. The lowest BCUT2D eigenvalue weighted by molar-refractivity contribution is 0.309. The second-order valence-electron chi connectivity index (χ2n) is 6.78. The minimum Gasteiger partial charge on any atom is -0.311 e. The monoisotopic (exact) mass is 261 g/mol. The molecule has 0 aliphatic heterocycles. The average Bonchev–Trinajstić information content (AvgIpc) is 2.36. The van der Waals surface area contributed by atoms with E-state index in [1.165, 1.54) is 18.4 Å². The van der Waals surface area contributed by atoms with Gasteiger partial charge in [0.15, 0.2) is 0 Å². The Bertz CT molecular complexity index is 353. The van der Waals surface area contributed by atoms with Crippen LogP contribution in [0.5, 0.6) is 0 Å². The maximum absolute atomic E-state index is 3.79. The Morgan fingerprint density at radius 2 is 1.63 bits per heavy atom. The first kappa shape index (κ1) is 16.2. The molecule has 1 heteroatoms. The van der Waals surface area contributed by atoms with E-state index in [9.17, 15) is 0 Å². The molecule has 2 atom stereocenters. The molecular formula is C18H31N. The first-order valence-corrected chi connectivity index (χ1v) is 7.68. The SMILES string of the molecule is CCC(NC(C)CC(C)(C)c1ccccc1)C(C)C. The number of hydrogen-bond donors (Lipinski definition) is 1. The molecule has 2 unspecified atom stereocenters. The van der Waals surface area contributed by atoms with Crippen molar-refractivity contribution in [3.63, 3.8) is 0 Å². The molecule has 1 N–H and O–H groups in total. The van der Waals surface area contributed by atoms with Crippen molar-refractivity contribution in [3.05, 3.63) is 35.9 Å². The van der Waals surface area contributed by atoms with Crippen molar-refractivity contribution >= 4 is 0 Å². The van der Waals surface area contributed by atoms with Gasteiger partial charge in [0.05, 0.1) is 0 Å². The molecule has 0 radical (unpaired) electrons. The van der Waals surface area contributed by atoms with Crippen LogP contribution in [0.2, 0.25) is 0 Å². The number of hydrogen-bond acceptors (Lipinski definition) is 1. The molecule has 0 aliphatic carbocycles. The third-order valence-electron chi connectivity index (χ3n) is 4.11. The molecule has 108 valence electrons. The smallest absolute Gasteiger partial charge is 0.00899 e. The van der Waals surface area contributed by atoms with E-state index in [1.807, 2.05) is 0 Å². The third-order valence-corrected chi connectivity index (χ3v) is 4.11. The summed E-state index contributed by atoms with van der Waals surface area (Å²) in [5.41, 5.74) is 1.66. The Balaban J connectivity index is 2.63. The molecule has 1 aromatic carbocycles. The van der Waals surface area contributed by atoms with E-state index in [1.54, 1.807) is 0 Å². The zero-order chi connectivity index (χ0) is 14.5. The summed E-state index contributed by atoms with van der Waals surface area (Å²) in [5, 5.41) is 3.79. The highest BCUT2D eigenvalue weighted by atomic mass is 14.9. The lowest BCUT2D eigenvalue weighted by atomic mass is 9.79. The lowest BCUT2D eigenvalue weighted by Crippen LogP contribution is -2.42. The highest BCUT2D eigenvalue weighted by Crippen LogP contribution is 2.28. The molecule has 0 amide bonds. The van der Waals surface area contributed by atoms with Crippen molar-refractivity contribution in [1.82, 2.24) is 5.32 Å². The molecule has 0 saturated carbocycles. The van der Waals surface area contributed by atoms with Gasteiger partial charge in [-0.25, -0.2) is 0 Å². The van der Waals surface area contributed by atoms with Crippen LogP contribution >= 0.6 is 0 Å². The highest BCUT2D eigenvalue weighted by Gasteiger charge is 2.24. The van der Waals surface area contributed by atoms with E-state index in [0.717, 1.165) is 0 Å². The molecule has 1 aromatic rings. The standard InChI is InChI=1S/C18H31N/c1-7-17(14(2)3)19-15(4)13-18(5,6)16-11-9-8-10-12-16/h8-12,14-15,17,19H,7,13H2,1-6H3. The highest BCUT2D eigenvalue weighted by molar-refractivity contribution is 5.23. The Hall–Kier alpha value is -0.820. The fraction of sp³-hybridized carbons (Fsp3) is 0.667. The average molecular weight is 261 g/mol. The molecule has 0 saturated heterocycles. The van der Waals surface area contributed by atoms with E-state index in [4.69, 9.17) is 0 Å². The molecule has 19 heavy (non-hydrogen) atoms. The number of benzene rings is 1. The van der Waals surface area contributed by atoms with Crippen LogP contribution in [0.3, 0.4) is 0 Å². The first-order valence-electron chi connectivity index (χ1n) is 7.68. The van der Waals surface area contributed by atoms with Crippen molar-refractivity contribution < 1.29 is 0 Å². The molecule has 0 aliphatic rings. The topological polar surface area (TPSA) is 12.0 Å². The minimum absolute atomic E-state index is 0.225. The molecule has 0 bridgehead atoms. The summed E-state index contributed by atoms with van der Waals surface area (Å²) in [5.74, 6) is 0.701. The van der Waals surface area contributed by atoms with E-state index in [2.05, 4.69) is 77.2 Å². The Morgan fingerprint density at radius 3 is 2.11 bits per heavy atom. The van der Waals surface area contributed by atoms with Gasteiger partial charge in [-0.05, 0) is 36.7 Å². The Labute approximate surface area is 119 Å². The van der Waals surface area contributed by atoms with E-state index in [0.29, 0.717) is 18.0 Å². The zero-order valence-corrected chi connectivity index (χ0v) is 13.5. The van der Waals surface area contributed by atoms with Gasteiger partial charge < -0.3 is 5.32 Å². The minimum atomic E-state index is 0.225. The van der Waals surface area contributed by atoms with Crippen LogP contribution in [0.1, 0.15) is 59.9 Å². The van der Waals surface area contributed by atoms with E-state index < -0.39 is 0 Å². The molecule has 0 fully saturated rings. The molecule has 1 rings (SSSR count). The maximum Gasteiger partial charge on any atom is 0.00899 e. The van der Waals surface area contributed by atoms with Crippen LogP contribution in [-0.2, 0) is 5.41 Å². The van der Waals surface area contributed by atoms with Crippen LogP contribution in [0.25, 0.3) is 0 Å². The molecule has 0 spiro atoms. The van der Waals surface area contributed by atoms with E-state index >= 15 is 0 Å². The van der Waals surface area contributed by atoms with Crippen LogP contribution in [-0.4, -0.2) is 12.1 Å². The summed E-state index contributed by atoms with van der Waals surface area (Å²) >= 11 is 0. The lowest BCUT2D eigenvalue weighted by Gasteiger charge is -2.32. The van der Waals surface area contributed by atoms with Crippen molar-refractivity contribution in [2.24, 2.45) is 5.92 Å². The van der Waals surface area contributed by atoms with E-state index in [-0.39, 0.29) is 5.41 Å². The second kappa shape index (κ2) is 7.09. The van der Waals surface area contributed by atoms with Crippen molar-refractivity contribution in [2.45, 2.75) is 71.9 Å². The van der Waals surface area contributed by atoms with Crippen LogP contribution < -0.4 is 5.32 Å². The summed E-state index contributed by atoms with van der Waals surface area (Å²) < 4.78 is 0. The summed E-state index contributed by atoms with van der Waals surface area (Å²) in [4.78, 5) is 0. The normalized spacial score (nSPS) is 15.5. The van der Waals surface area contributed by atoms with Gasteiger partial charge in [0.1, 0.15) is 0 Å². The summed E-state index contributed by atoms with van der Waals surface area (Å²) in [6.45, 7) is 13.9. The van der Waals surface area contributed by atoms with Crippen molar-refractivity contribution in [2.75, 3.05) is 0 Å². The number of nitrogens with one attached hydrogen (secondary N) is 1. The molecule has 1 nitrogen and oxygen atoms in total. The van der Waals surface area contributed by atoms with Gasteiger partial charge in [0, 0.05) is 12.1 Å². The maximum atomic E-state index is 3.79. The summed E-state index contributed by atoms with van der Waals surface area (Å²) in [6.07, 6.45) is 2.37. The summed E-state index contributed by atoms with van der Waals surface area (Å²) in [7, 11) is 0.